The smallest absolute Gasteiger partial charge is 0.258 e. The third kappa shape index (κ3) is 4.52. The quantitative estimate of drug-likeness (QED) is 0.664. The van der Waals surface area contributed by atoms with Crippen LogP contribution < -0.4 is 10.2 Å². The zero-order chi connectivity index (χ0) is 22.0. The summed E-state index contributed by atoms with van der Waals surface area (Å²) in [4.78, 5) is 32.1. The van der Waals surface area contributed by atoms with E-state index in [9.17, 15) is 9.18 Å². The van der Waals surface area contributed by atoms with Gasteiger partial charge in [0.1, 0.15) is 11.5 Å². The SMILES string of the molecule is CC(C)c1ncc(C(=O)Nc2c(-c3ccncc3)ccnc2N2CCC(C)(F)C2)cn1. The second-order valence-corrected chi connectivity index (χ2v) is 8.32. The molecule has 0 aliphatic carbocycles. The summed E-state index contributed by atoms with van der Waals surface area (Å²) in [7, 11) is 0. The number of halogens is 1. The second kappa shape index (κ2) is 8.37. The molecule has 1 atom stereocenters. The van der Waals surface area contributed by atoms with Gasteiger partial charge in [-0.3, -0.25) is 9.78 Å². The molecule has 3 aromatic rings. The molecule has 1 N–H and O–H groups in total. The molecule has 7 nitrogen and oxygen atoms in total. The number of anilines is 2. The maximum atomic E-state index is 14.6. The van der Waals surface area contributed by atoms with Gasteiger partial charge in [0.2, 0.25) is 0 Å². The van der Waals surface area contributed by atoms with E-state index in [2.05, 4.69) is 25.3 Å². The van der Waals surface area contributed by atoms with Crippen molar-refractivity contribution in [1.29, 1.82) is 0 Å². The summed E-state index contributed by atoms with van der Waals surface area (Å²) in [5.41, 5.74) is 1.24. The molecule has 1 aliphatic heterocycles. The van der Waals surface area contributed by atoms with Gasteiger partial charge < -0.3 is 10.2 Å². The Bertz CT molecular complexity index is 1070. The molecule has 0 aromatic carbocycles. The molecule has 3 aromatic heterocycles. The Morgan fingerprint density at radius 2 is 1.84 bits per heavy atom. The predicted octanol–water partition coefficient (Wildman–Crippen LogP) is 4.25. The van der Waals surface area contributed by atoms with Gasteiger partial charge in [-0.1, -0.05) is 13.8 Å². The van der Waals surface area contributed by atoms with Crippen LogP contribution >= 0.6 is 0 Å². The standard InChI is InChI=1S/C23H25FN6O/c1-15(2)20-27-12-17(13-28-20)22(31)29-19-18(16-4-8-25-9-5-16)6-10-26-21(19)30-11-7-23(3,24)14-30/h4-6,8-10,12-13,15H,7,11,14H2,1-3H3,(H,29,31). The van der Waals surface area contributed by atoms with Gasteiger partial charge in [-0.2, -0.15) is 0 Å². The van der Waals surface area contributed by atoms with E-state index in [1.807, 2.05) is 36.9 Å². The van der Waals surface area contributed by atoms with E-state index in [-0.39, 0.29) is 18.4 Å². The number of carbonyl (C=O) groups excluding carboxylic acids is 1. The predicted molar refractivity (Wildman–Crippen MR) is 118 cm³/mol. The van der Waals surface area contributed by atoms with Crippen molar-refractivity contribution in [3.05, 3.63) is 60.6 Å². The van der Waals surface area contributed by atoms with Crippen molar-refractivity contribution < 1.29 is 9.18 Å². The average Bonchev–Trinajstić information content (AvgIpc) is 3.14. The number of rotatable bonds is 5. The van der Waals surface area contributed by atoms with Gasteiger partial charge in [0.15, 0.2) is 5.82 Å². The molecule has 4 rings (SSSR count). The van der Waals surface area contributed by atoms with E-state index in [1.54, 1.807) is 25.5 Å². The Labute approximate surface area is 180 Å². The van der Waals surface area contributed by atoms with Crippen LogP contribution in [0.2, 0.25) is 0 Å². The van der Waals surface area contributed by atoms with Gasteiger partial charge in [0, 0.05) is 55.4 Å². The second-order valence-electron chi connectivity index (χ2n) is 8.32. The van der Waals surface area contributed by atoms with Crippen molar-refractivity contribution in [3.8, 4) is 11.1 Å². The van der Waals surface area contributed by atoms with Gasteiger partial charge in [-0.15, -0.1) is 0 Å². The van der Waals surface area contributed by atoms with Crippen molar-refractivity contribution in [2.24, 2.45) is 0 Å². The lowest BCUT2D eigenvalue weighted by Crippen LogP contribution is -2.28. The molecule has 0 saturated carbocycles. The number of nitrogens with one attached hydrogen (secondary N) is 1. The van der Waals surface area contributed by atoms with E-state index >= 15 is 0 Å². The summed E-state index contributed by atoms with van der Waals surface area (Å²) in [5.74, 6) is 1.05. The van der Waals surface area contributed by atoms with E-state index in [1.165, 1.54) is 12.4 Å². The molecule has 8 heteroatoms. The van der Waals surface area contributed by atoms with Crippen LogP contribution in [0.4, 0.5) is 15.9 Å². The summed E-state index contributed by atoms with van der Waals surface area (Å²) in [6.07, 6.45) is 8.51. The highest BCUT2D eigenvalue weighted by Crippen LogP contribution is 2.38. The maximum Gasteiger partial charge on any atom is 0.258 e. The number of amides is 1. The highest BCUT2D eigenvalue weighted by atomic mass is 19.1. The van der Waals surface area contributed by atoms with Crippen LogP contribution in [-0.4, -0.2) is 44.6 Å². The topological polar surface area (TPSA) is 83.9 Å². The summed E-state index contributed by atoms with van der Waals surface area (Å²) < 4.78 is 14.6. The number of carbonyl (C=O) groups is 1. The van der Waals surface area contributed by atoms with Crippen LogP contribution in [0.5, 0.6) is 0 Å². The first-order valence-corrected chi connectivity index (χ1v) is 10.3. The van der Waals surface area contributed by atoms with Crippen molar-refractivity contribution >= 4 is 17.4 Å². The molecule has 0 radical (unpaired) electrons. The fraction of sp³-hybridized carbons (Fsp3) is 0.348. The Morgan fingerprint density at radius 3 is 2.45 bits per heavy atom. The lowest BCUT2D eigenvalue weighted by Gasteiger charge is -2.23. The highest BCUT2D eigenvalue weighted by molar-refractivity contribution is 6.08. The molecule has 0 spiro atoms. The molecule has 4 heterocycles. The Kier molecular flexibility index (Phi) is 5.63. The molecular formula is C23H25FN6O. The first-order chi connectivity index (χ1) is 14.8. The molecular weight excluding hydrogens is 395 g/mol. The maximum absolute atomic E-state index is 14.6. The Morgan fingerprint density at radius 1 is 1.13 bits per heavy atom. The number of aromatic nitrogens is 4. The molecule has 1 unspecified atom stereocenters. The Balaban J connectivity index is 1.72. The normalized spacial score (nSPS) is 18.4. The van der Waals surface area contributed by atoms with Crippen LogP contribution in [0.1, 0.15) is 49.3 Å². The van der Waals surface area contributed by atoms with Gasteiger partial charge in [0.05, 0.1) is 17.8 Å². The van der Waals surface area contributed by atoms with E-state index in [0.29, 0.717) is 35.9 Å². The largest absolute Gasteiger partial charge is 0.352 e. The minimum absolute atomic E-state index is 0.172. The van der Waals surface area contributed by atoms with Crippen LogP contribution in [0, 0.1) is 0 Å². The van der Waals surface area contributed by atoms with Crippen molar-refractivity contribution in [2.75, 3.05) is 23.3 Å². The number of alkyl halides is 1. The summed E-state index contributed by atoms with van der Waals surface area (Å²) in [5, 5.41) is 2.98. The lowest BCUT2D eigenvalue weighted by atomic mass is 10.1. The number of pyridine rings is 2. The zero-order valence-corrected chi connectivity index (χ0v) is 17.8. The first kappa shape index (κ1) is 20.8. The summed E-state index contributed by atoms with van der Waals surface area (Å²) in [6.45, 7) is 6.31. The minimum atomic E-state index is -1.30. The van der Waals surface area contributed by atoms with Gasteiger partial charge in [-0.25, -0.2) is 19.3 Å². The van der Waals surface area contributed by atoms with Crippen molar-refractivity contribution in [3.63, 3.8) is 0 Å². The van der Waals surface area contributed by atoms with Crippen molar-refractivity contribution in [1.82, 2.24) is 19.9 Å². The summed E-state index contributed by atoms with van der Waals surface area (Å²) >= 11 is 0. The van der Waals surface area contributed by atoms with Crippen LogP contribution in [-0.2, 0) is 0 Å². The third-order valence-corrected chi connectivity index (χ3v) is 5.33. The molecule has 1 aliphatic rings. The van der Waals surface area contributed by atoms with Gasteiger partial charge in [0.25, 0.3) is 5.91 Å². The molecule has 160 valence electrons. The molecule has 1 saturated heterocycles. The molecule has 0 bridgehead atoms. The third-order valence-electron chi connectivity index (χ3n) is 5.33. The van der Waals surface area contributed by atoms with Crippen LogP contribution in [0.25, 0.3) is 11.1 Å². The monoisotopic (exact) mass is 420 g/mol. The number of hydrogen-bond acceptors (Lipinski definition) is 6. The van der Waals surface area contributed by atoms with E-state index < -0.39 is 5.67 Å². The average molecular weight is 420 g/mol. The zero-order valence-electron chi connectivity index (χ0n) is 17.8. The van der Waals surface area contributed by atoms with Crippen molar-refractivity contribution in [2.45, 2.75) is 38.8 Å². The fourth-order valence-corrected chi connectivity index (χ4v) is 3.63. The van der Waals surface area contributed by atoms with E-state index in [4.69, 9.17) is 0 Å². The molecule has 1 fully saturated rings. The summed E-state index contributed by atoms with van der Waals surface area (Å²) in [6, 6.07) is 5.55. The van der Waals surface area contributed by atoms with Gasteiger partial charge in [-0.05, 0) is 30.7 Å². The lowest BCUT2D eigenvalue weighted by molar-refractivity contribution is 0.102. The van der Waals surface area contributed by atoms with Crippen LogP contribution in [0.15, 0.2) is 49.2 Å². The minimum Gasteiger partial charge on any atom is -0.352 e. The van der Waals surface area contributed by atoms with Crippen LogP contribution in [0.3, 0.4) is 0 Å². The fourth-order valence-electron chi connectivity index (χ4n) is 3.63. The molecule has 1 amide bonds. The molecule has 31 heavy (non-hydrogen) atoms. The van der Waals surface area contributed by atoms with Gasteiger partial charge >= 0.3 is 0 Å². The van der Waals surface area contributed by atoms with E-state index in [0.717, 1.165) is 11.1 Å². The Hall–Kier alpha value is -3.42. The highest BCUT2D eigenvalue weighted by Gasteiger charge is 2.35. The number of hydrogen-bond donors (Lipinski definition) is 1. The first-order valence-electron chi connectivity index (χ1n) is 10.3. The number of nitrogens with zero attached hydrogens (tertiary/aromatic N) is 5.